The highest BCUT2D eigenvalue weighted by Crippen LogP contribution is 2.25. The fraction of sp³-hybridized carbons (Fsp3) is 0.722. The molecule has 0 spiro atoms. The van der Waals surface area contributed by atoms with E-state index >= 15 is 0 Å². The third-order valence-electron chi connectivity index (χ3n) is 5.72. The highest BCUT2D eigenvalue weighted by molar-refractivity contribution is 5.94. The SMILES string of the molecule is CNC(=O)C[C@H]1CC[C@@H](CNC(=O)c2c3c(nn2C)CCCC3)N1C. The van der Waals surface area contributed by atoms with Crippen molar-refractivity contribution < 1.29 is 9.59 Å². The van der Waals surface area contributed by atoms with Crippen molar-refractivity contribution in [3.8, 4) is 0 Å². The van der Waals surface area contributed by atoms with Crippen LogP contribution in [0.3, 0.4) is 0 Å². The van der Waals surface area contributed by atoms with E-state index in [9.17, 15) is 9.59 Å². The second kappa shape index (κ2) is 7.56. The first-order chi connectivity index (χ1) is 12.0. The van der Waals surface area contributed by atoms with Crippen LogP contribution in [0.2, 0.25) is 0 Å². The smallest absolute Gasteiger partial charge is 0.269 e. The minimum atomic E-state index is -0.0266. The van der Waals surface area contributed by atoms with Crippen molar-refractivity contribution in [3.05, 3.63) is 17.0 Å². The van der Waals surface area contributed by atoms with Gasteiger partial charge in [0.1, 0.15) is 5.69 Å². The summed E-state index contributed by atoms with van der Waals surface area (Å²) < 4.78 is 1.73. The topological polar surface area (TPSA) is 79.3 Å². The Kier molecular flexibility index (Phi) is 5.42. The summed E-state index contributed by atoms with van der Waals surface area (Å²) >= 11 is 0. The molecule has 1 aromatic heterocycles. The molecule has 1 fully saturated rings. The van der Waals surface area contributed by atoms with E-state index in [0.717, 1.165) is 55.5 Å². The number of likely N-dealkylation sites (tertiary alicyclic amines) is 1. The highest BCUT2D eigenvalue weighted by atomic mass is 16.2. The number of nitrogens with one attached hydrogen (secondary N) is 2. The Morgan fingerprint density at radius 2 is 1.88 bits per heavy atom. The molecule has 2 atom stereocenters. The highest BCUT2D eigenvalue weighted by Gasteiger charge is 2.32. The fourth-order valence-electron chi connectivity index (χ4n) is 4.16. The summed E-state index contributed by atoms with van der Waals surface area (Å²) in [5, 5.41) is 10.3. The predicted octanol–water partition coefficient (Wildman–Crippen LogP) is 0.628. The van der Waals surface area contributed by atoms with Gasteiger partial charge in [0.05, 0.1) is 5.69 Å². The van der Waals surface area contributed by atoms with Crippen molar-refractivity contribution in [2.24, 2.45) is 7.05 Å². The van der Waals surface area contributed by atoms with Gasteiger partial charge < -0.3 is 10.6 Å². The van der Waals surface area contributed by atoms with Crippen LogP contribution in [-0.4, -0.2) is 59.2 Å². The molecule has 138 valence electrons. The van der Waals surface area contributed by atoms with Crippen LogP contribution in [0.1, 0.15) is 53.8 Å². The Hall–Kier alpha value is -1.89. The molecule has 0 bridgehead atoms. The number of aromatic nitrogens is 2. The fourth-order valence-corrected chi connectivity index (χ4v) is 4.16. The first kappa shape index (κ1) is 17.9. The van der Waals surface area contributed by atoms with Gasteiger partial charge in [-0.15, -0.1) is 0 Å². The summed E-state index contributed by atoms with van der Waals surface area (Å²) in [4.78, 5) is 26.5. The van der Waals surface area contributed by atoms with Crippen molar-refractivity contribution in [3.63, 3.8) is 0 Å². The van der Waals surface area contributed by atoms with E-state index in [-0.39, 0.29) is 23.9 Å². The zero-order valence-electron chi connectivity index (χ0n) is 15.5. The zero-order chi connectivity index (χ0) is 18.0. The lowest BCUT2D eigenvalue weighted by Crippen LogP contribution is -2.42. The van der Waals surface area contributed by atoms with Crippen molar-refractivity contribution in [1.82, 2.24) is 25.3 Å². The Balaban J connectivity index is 1.58. The quantitative estimate of drug-likeness (QED) is 0.819. The average molecular weight is 347 g/mol. The van der Waals surface area contributed by atoms with Gasteiger partial charge in [-0.1, -0.05) is 0 Å². The molecule has 1 saturated heterocycles. The predicted molar refractivity (Wildman–Crippen MR) is 95.4 cm³/mol. The van der Waals surface area contributed by atoms with E-state index in [1.807, 2.05) is 14.1 Å². The van der Waals surface area contributed by atoms with Crippen LogP contribution in [-0.2, 0) is 24.7 Å². The number of amides is 2. The Morgan fingerprint density at radius 1 is 1.16 bits per heavy atom. The van der Waals surface area contributed by atoms with Gasteiger partial charge in [-0.25, -0.2) is 0 Å². The molecule has 2 heterocycles. The Morgan fingerprint density at radius 3 is 2.64 bits per heavy atom. The van der Waals surface area contributed by atoms with Gasteiger partial charge in [-0.3, -0.25) is 19.2 Å². The van der Waals surface area contributed by atoms with Gasteiger partial charge in [0.15, 0.2) is 0 Å². The van der Waals surface area contributed by atoms with Gasteiger partial charge >= 0.3 is 0 Å². The average Bonchev–Trinajstić information content (AvgIpc) is 3.12. The van der Waals surface area contributed by atoms with Crippen LogP contribution >= 0.6 is 0 Å². The van der Waals surface area contributed by atoms with Crippen LogP contribution in [0.25, 0.3) is 0 Å². The van der Waals surface area contributed by atoms with Gasteiger partial charge in [-0.05, 0) is 45.6 Å². The van der Waals surface area contributed by atoms with Crippen molar-refractivity contribution in [2.45, 2.75) is 57.0 Å². The molecule has 2 amide bonds. The summed E-state index contributed by atoms with van der Waals surface area (Å²) in [7, 11) is 5.57. The molecule has 2 aliphatic rings. The second-order valence-corrected chi connectivity index (χ2v) is 7.24. The van der Waals surface area contributed by atoms with Crippen LogP contribution < -0.4 is 10.6 Å². The standard InChI is InChI=1S/C18H29N5O2/c1-19-16(24)10-12-8-9-13(22(12)2)11-20-18(25)17-14-6-4-5-7-15(14)21-23(17)3/h12-13H,4-11H2,1-3H3,(H,19,24)(H,20,25)/t12-,13+/m1/s1. The second-order valence-electron chi connectivity index (χ2n) is 7.24. The molecule has 0 radical (unpaired) electrons. The zero-order valence-corrected chi connectivity index (χ0v) is 15.5. The number of aryl methyl sites for hydroxylation is 2. The maximum atomic E-state index is 12.7. The van der Waals surface area contributed by atoms with E-state index in [4.69, 9.17) is 0 Å². The number of nitrogens with zero attached hydrogens (tertiary/aromatic N) is 3. The maximum Gasteiger partial charge on any atom is 0.269 e. The lowest BCUT2D eigenvalue weighted by Gasteiger charge is -2.25. The van der Waals surface area contributed by atoms with Crippen LogP contribution in [0.5, 0.6) is 0 Å². The lowest BCUT2D eigenvalue weighted by atomic mass is 9.95. The third-order valence-corrected chi connectivity index (χ3v) is 5.72. The van der Waals surface area contributed by atoms with E-state index < -0.39 is 0 Å². The first-order valence-electron chi connectivity index (χ1n) is 9.26. The summed E-state index contributed by atoms with van der Waals surface area (Å²) in [6.45, 7) is 0.611. The van der Waals surface area contributed by atoms with Crippen LogP contribution in [0.15, 0.2) is 0 Å². The van der Waals surface area contributed by atoms with E-state index in [1.165, 1.54) is 0 Å². The molecule has 0 saturated carbocycles. The minimum absolute atomic E-state index is 0.0266. The number of carbonyl (C=O) groups excluding carboxylic acids is 2. The molecule has 1 aromatic rings. The molecular weight excluding hydrogens is 318 g/mol. The molecule has 7 heteroatoms. The summed E-state index contributed by atoms with van der Waals surface area (Å²) in [5.41, 5.74) is 2.93. The van der Waals surface area contributed by atoms with Gasteiger partial charge in [0.2, 0.25) is 5.91 Å². The molecule has 25 heavy (non-hydrogen) atoms. The number of likely N-dealkylation sites (N-methyl/N-ethyl adjacent to an activating group) is 1. The van der Waals surface area contributed by atoms with Crippen LogP contribution in [0.4, 0.5) is 0 Å². The normalized spacial score (nSPS) is 23.3. The summed E-state index contributed by atoms with van der Waals surface area (Å²) in [5.74, 6) is 0.0457. The number of rotatable bonds is 5. The van der Waals surface area contributed by atoms with E-state index in [1.54, 1.807) is 11.7 Å². The van der Waals surface area contributed by atoms with Gasteiger partial charge in [-0.2, -0.15) is 5.10 Å². The maximum absolute atomic E-state index is 12.7. The van der Waals surface area contributed by atoms with Crippen molar-refractivity contribution in [2.75, 3.05) is 20.6 Å². The molecule has 0 aromatic carbocycles. The molecule has 1 aliphatic heterocycles. The van der Waals surface area contributed by atoms with Gasteiger partial charge in [0.25, 0.3) is 5.91 Å². The van der Waals surface area contributed by atoms with E-state index in [0.29, 0.717) is 13.0 Å². The lowest BCUT2D eigenvalue weighted by molar-refractivity contribution is -0.121. The first-order valence-corrected chi connectivity index (χ1v) is 9.26. The molecule has 2 N–H and O–H groups in total. The Bertz CT molecular complexity index is 654. The molecule has 3 rings (SSSR count). The number of fused-ring (bicyclic) bond motifs is 1. The van der Waals surface area contributed by atoms with Gasteiger partial charge in [0, 0.05) is 44.7 Å². The summed E-state index contributed by atoms with van der Waals surface area (Å²) in [6.07, 6.45) is 6.73. The third kappa shape index (κ3) is 3.71. The molecule has 0 unspecified atom stereocenters. The molecule has 1 aliphatic carbocycles. The Labute approximate surface area is 149 Å². The number of hydrogen-bond acceptors (Lipinski definition) is 4. The monoisotopic (exact) mass is 347 g/mol. The number of hydrogen-bond donors (Lipinski definition) is 2. The number of carbonyl (C=O) groups is 2. The molecule has 7 nitrogen and oxygen atoms in total. The van der Waals surface area contributed by atoms with Crippen molar-refractivity contribution in [1.29, 1.82) is 0 Å². The largest absolute Gasteiger partial charge is 0.359 e. The summed E-state index contributed by atoms with van der Waals surface area (Å²) in [6, 6.07) is 0.536. The van der Waals surface area contributed by atoms with Crippen molar-refractivity contribution >= 4 is 11.8 Å². The minimum Gasteiger partial charge on any atom is -0.359 e. The van der Waals surface area contributed by atoms with E-state index in [2.05, 4.69) is 20.6 Å². The molecular formula is C18H29N5O2. The van der Waals surface area contributed by atoms with Crippen LogP contribution in [0, 0.1) is 0 Å².